The molecule has 7 nitrogen and oxygen atoms in total. The van der Waals surface area contributed by atoms with Crippen LogP contribution < -0.4 is 5.32 Å². The van der Waals surface area contributed by atoms with E-state index in [-0.39, 0.29) is 23.0 Å². The van der Waals surface area contributed by atoms with E-state index in [1.807, 2.05) is 0 Å². The van der Waals surface area contributed by atoms with Crippen LogP contribution in [0.4, 0.5) is 23.2 Å². The molecule has 2 aromatic carbocycles. The monoisotopic (exact) mass is 528 g/mol. The van der Waals surface area contributed by atoms with Crippen molar-refractivity contribution in [2.24, 2.45) is 5.41 Å². The van der Waals surface area contributed by atoms with Gasteiger partial charge in [0.15, 0.2) is 15.4 Å². The molecule has 2 aromatic rings. The number of fused-ring (bicyclic) bond motifs is 1. The summed E-state index contributed by atoms with van der Waals surface area (Å²) in [4.78, 5) is 27.8. The fraction of sp³-hybridized carbons (Fsp3) is 0.417. The fourth-order valence-electron chi connectivity index (χ4n) is 4.23. The van der Waals surface area contributed by atoms with E-state index < -0.39 is 50.4 Å². The molecular formula is C24H24F4N2O5S. The number of carbonyl (C=O) groups is 2. The SMILES string of the molecule is CC1(C(=O)N2Cc3cc(S(C)(=O)=O)ccc3C2C(=O)Nc2ccc(C(C)(O)C(F)(F)F)c(F)c2)CC1. The summed E-state index contributed by atoms with van der Waals surface area (Å²) in [6.07, 6.45) is -2.83. The van der Waals surface area contributed by atoms with Gasteiger partial charge in [-0.3, -0.25) is 9.59 Å². The molecule has 1 fully saturated rings. The zero-order valence-electron chi connectivity index (χ0n) is 19.6. The molecule has 36 heavy (non-hydrogen) atoms. The number of hydrogen-bond donors (Lipinski definition) is 2. The Balaban J connectivity index is 1.67. The largest absolute Gasteiger partial charge is 0.421 e. The Hall–Kier alpha value is -2.99. The van der Waals surface area contributed by atoms with Crippen molar-refractivity contribution in [1.29, 1.82) is 0 Å². The molecule has 2 amide bonds. The minimum absolute atomic E-state index is 0.00699. The molecule has 1 aliphatic carbocycles. The number of benzene rings is 2. The van der Waals surface area contributed by atoms with Crippen molar-refractivity contribution in [3.63, 3.8) is 0 Å². The number of hydrogen-bond acceptors (Lipinski definition) is 5. The van der Waals surface area contributed by atoms with Crippen LogP contribution in [0.2, 0.25) is 0 Å². The zero-order valence-corrected chi connectivity index (χ0v) is 20.4. The third-order valence-corrected chi connectivity index (χ3v) is 7.94. The topological polar surface area (TPSA) is 104 Å². The number of nitrogens with one attached hydrogen (secondary N) is 1. The highest BCUT2D eigenvalue weighted by atomic mass is 32.2. The molecule has 1 saturated carbocycles. The molecular weight excluding hydrogens is 504 g/mol. The summed E-state index contributed by atoms with van der Waals surface area (Å²) in [6.45, 7) is 2.18. The van der Waals surface area contributed by atoms with Gasteiger partial charge in [-0.15, -0.1) is 0 Å². The number of aliphatic hydroxyl groups is 1. The van der Waals surface area contributed by atoms with E-state index >= 15 is 0 Å². The average Bonchev–Trinajstić information content (AvgIpc) is 3.38. The van der Waals surface area contributed by atoms with Gasteiger partial charge in [0.1, 0.15) is 11.9 Å². The maximum absolute atomic E-state index is 14.5. The van der Waals surface area contributed by atoms with Crippen LogP contribution in [0.5, 0.6) is 0 Å². The molecule has 2 N–H and O–H groups in total. The molecule has 0 aromatic heterocycles. The third-order valence-electron chi connectivity index (χ3n) is 6.83. The summed E-state index contributed by atoms with van der Waals surface area (Å²) in [5, 5.41) is 12.2. The highest BCUT2D eigenvalue weighted by Gasteiger charge is 2.53. The summed E-state index contributed by atoms with van der Waals surface area (Å²) in [5.74, 6) is -2.41. The summed E-state index contributed by atoms with van der Waals surface area (Å²) < 4.78 is 77.8. The van der Waals surface area contributed by atoms with Crippen molar-refractivity contribution in [3.05, 3.63) is 58.9 Å². The second-order valence-corrected chi connectivity index (χ2v) is 11.8. The van der Waals surface area contributed by atoms with Crippen LogP contribution in [0.15, 0.2) is 41.3 Å². The lowest BCUT2D eigenvalue weighted by atomic mass is 9.94. The van der Waals surface area contributed by atoms with Crippen LogP contribution in [0.25, 0.3) is 0 Å². The van der Waals surface area contributed by atoms with Gasteiger partial charge in [0.05, 0.1) is 4.90 Å². The van der Waals surface area contributed by atoms with Gasteiger partial charge in [0.25, 0.3) is 5.91 Å². The van der Waals surface area contributed by atoms with Crippen LogP contribution in [-0.4, -0.2) is 42.7 Å². The number of amides is 2. The van der Waals surface area contributed by atoms with E-state index in [0.717, 1.165) is 18.4 Å². The van der Waals surface area contributed by atoms with Crippen molar-refractivity contribution in [2.45, 2.75) is 55.9 Å². The highest BCUT2D eigenvalue weighted by molar-refractivity contribution is 7.90. The number of sulfone groups is 1. The molecule has 1 aliphatic heterocycles. The van der Waals surface area contributed by atoms with Gasteiger partial charge < -0.3 is 15.3 Å². The van der Waals surface area contributed by atoms with Crippen molar-refractivity contribution < 1.29 is 40.7 Å². The molecule has 0 spiro atoms. The van der Waals surface area contributed by atoms with E-state index in [1.54, 1.807) is 6.92 Å². The molecule has 1 heterocycles. The number of rotatable bonds is 5. The minimum Gasteiger partial charge on any atom is -0.376 e. The smallest absolute Gasteiger partial charge is 0.376 e. The average molecular weight is 529 g/mol. The van der Waals surface area contributed by atoms with E-state index in [1.165, 1.54) is 23.1 Å². The Kier molecular flexibility index (Phi) is 5.99. The normalized spacial score (nSPS) is 20.4. The standard InChI is InChI=1S/C24H24F4N2O5S/c1-22(8-9-22)21(32)30-12-13-10-15(36(3,34)35)5-6-16(13)19(30)20(31)29-14-4-7-17(18(25)11-14)23(2,33)24(26,27)28/h4-7,10-11,19,33H,8-9,12H2,1-3H3,(H,29,31). The predicted octanol–water partition coefficient (Wildman–Crippen LogP) is 3.82. The Morgan fingerprint density at radius 3 is 2.31 bits per heavy atom. The lowest BCUT2D eigenvalue weighted by Crippen LogP contribution is -2.40. The van der Waals surface area contributed by atoms with Crippen molar-refractivity contribution in [2.75, 3.05) is 11.6 Å². The molecule has 12 heteroatoms. The molecule has 194 valence electrons. The van der Waals surface area contributed by atoms with Gasteiger partial charge in [-0.2, -0.15) is 13.2 Å². The molecule has 2 atom stereocenters. The number of halogens is 4. The quantitative estimate of drug-likeness (QED) is 0.575. The van der Waals surface area contributed by atoms with Crippen LogP contribution in [0, 0.1) is 11.2 Å². The first-order valence-electron chi connectivity index (χ1n) is 11.0. The fourth-order valence-corrected chi connectivity index (χ4v) is 4.90. The first-order chi connectivity index (χ1) is 16.5. The summed E-state index contributed by atoms with van der Waals surface area (Å²) >= 11 is 0. The molecule has 0 bridgehead atoms. The van der Waals surface area contributed by atoms with Gasteiger partial charge >= 0.3 is 6.18 Å². The number of carbonyl (C=O) groups excluding carboxylic acids is 2. The molecule has 2 unspecified atom stereocenters. The van der Waals surface area contributed by atoms with E-state index in [2.05, 4.69) is 5.32 Å². The Bertz CT molecular complexity index is 1370. The highest BCUT2D eigenvalue weighted by Crippen LogP contribution is 2.50. The Morgan fingerprint density at radius 2 is 1.78 bits per heavy atom. The Labute approximate surface area is 205 Å². The molecule has 0 saturated heterocycles. The van der Waals surface area contributed by atoms with Gasteiger partial charge in [0, 0.05) is 29.5 Å². The lowest BCUT2D eigenvalue weighted by Gasteiger charge is -2.28. The summed E-state index contributed by atoms with van der Waals surface area (Å²) in [6, 6.07) is 5.43. The lowest BCUT2D eigenvalue weighted by molar-refractivity contribution is -0.259. The van der Waals surface area contributed by atoms with Crippen LogP contribution in [-0.2, 0) is 31.6 Å². The second-order valence-electron chi connectivity index (χ2n) is 9.78. The van der Waals surface area contributed by atoms with E-state index in [0.29, 0.717) is 37.0 Å². The predicted molar refractivity (Wildman–Crippen MR) is 121 cm³/mol. The van der Waals surface area contributed by atoms with Crippen molar-refractivity contribution in [3.8, 4) is 0 Å². The summed E-state index contributed by atoms with van der Waals surface area (Å²) in [5.41, 5.74) is -4.40. The zero-order chi connectivity index (χ0) is 26.8. The number of alkyl halides is 3. The van der Waals surface area contributed by atoms with E-state index in [4.69, 9.17) is 0 Å². The second kappa shape index (κ2) is 8.27. The van der Waals surface area contributed by atoms with Gasteiger partial charge in [-0.1, -0.05) is 19.1 Å². The van der Waals surface area contributed by atoms with E-state index in [9.17, 15) is 40.7 Å². The Morgan fingerprint density at radius 1 is 1.14 bits per heavy atom. The first-order valence-corrected chi connectivity index (χ1v) is 12.9. The number of nitrogens with zero attached hydrogens (tertiary/aromatic N) is 1. The maximum Gasteiger partial charge on any atom is 0.421 e. The van der Waals surface area contributed by atoms with Gasteiger partial charge in [-0.25, -0.2) is 12.8 Å². The van der Waals surface area contributed by atoms with Gasteiger partial charge in [0.2, 0.25) is 5.91 Å². The summed E-state index contributed by atoms with van der Waals surface area (Å²) in [7, 11) is -3.54. The first kappa shape index (κ1) is 26.1. The molecule has 0 radical (unpaired) electrons. The van der Waals surface area contributed by atoms with Crippen LogP contribution >= 0.6 is 0 Å². The maximum atomic E-state index is 14.5. The van der Waals surface area contributed by atoms with Crippen LogP contribution in [0.1, 0.15) is 49.4 Å². The van der Waals surface area contributed by atoms with Crippen molar-refractivity contribution >= 4 is 27.3 Å². The van der Waals surface area contributed by atoms with Crippen LogP contribution in [0.3, 0.4) is 0 Å². The third kappa shape index (κ3) is 4.47. The number of anilines is 1. The van der Waals surface area contributed by atoms with Gasteiger partial charge in [-0.05, 0) is 55.2 Å². The minimum atomic E-state index is -5.13. The molecule has 2 aliphatic rings. The van der Waals surface area contributed by atoms with Crippen molar-refractivity contribution in [1.82, 2.24) is 4.90 Å². The molecule has 4 rings (SSSR count).